The predicted molar refractivity (Wildman–Crippen MR) is 83.3 cm³/mol. The van der Waals surface area contributed by atoms with Gasteiger partial charge in [-0.2, -0.15) is 0 Å². The summed E-state index contributed by atoms with van der Waals surface area (Å²) < 4.78 is 6.51. The van der Waals surface area contributed by atoms with Gasteiger partial charge in [-0.05, 0) is 19.3 Å². The van der Waals surface area contributed by atoms with Crippen LogP contribution < -0.4 is 0 Å². The fraction of sp³-hybridized carbons (Fsp3) is 1.00. The van der Waals surface area contributed by atoms with E-state index in [-0.39, 0.29) is 0 Å². The summed E-state index contributed by atoms with van der Waals surface area (Å²) in [6, 6.07) is 0. The van der Waals surface area contributed by atoms with Crippen molar-refractivity contribution in [2.75, 3.05) is 13.1 Å². The summed E-state index contributed by atoms with van der Waals surface area (Å²) in [7, 11) is 0. The molecule has 0 aromatic rings. The maximum Gasteiger partial charge on any atom is 0.461 e. The van der Waals surface area contributed by atoms with Crippen LogP contribution in [0.1, 0.15) is 66.7 Å². The molecule has 0 bridgehead atoms. The lowest BCUT2D eigenvalue weighted by Gasteiger charge is -2.33. The molecule has 0 heterocycles. The Labute approximate surface area is 120 Å². The minimum atomic E-state index is -0.957. The lowest BCUT2D eigenvalue weighted by atomic mass is 10.3. The molecule has 108 valence electrons. The van der Waals surface area contributed by atoms with Crippen LogP contribution >= 0.6 is 0 Å². The summed E-state index contributed by atoms with van der Waals surface area (Å²) in [5.41, 5.74) is 0. The SMILES string of the molecule is CCCN(CCC)C(CC)[O][Al]([CH2]CC)[CH2]CC. The van der Waals surface area contributed by atoms with Crippen LogP contribution in [0.25, 0.3) is 0 Å². The first-order chi connectivity index (χ1) is 8.73. The number of nitrogens with zero attached hydrogens (tertiary/aromatic N) is 1. The third-order valence-corrected chi connectivity index (χ3v) is 6.49. The smallest absolute Gasteiger partial charge is 0.461 e. The zero-order valence-corrected chi connectivity index (χ0v) is 14.5. The standard InChI is InChI=1S/C9H20NO.2C3H7.Al/c1-4-7-10(8-5-2)9(11)6-3;2*1-3-2;/h9H,4-8H2,1-3H3;2*1,3H2,2H3;/q-1;;;+1. The summed E-state index contributed by atoms with van der Waals surface area (Å²) in [6.45, 7) is 13.8. The van der Waals surface area contributed by atoms with E-state index in [4.69, 9.17) is 3.79 Å². The summed E-state index contributed by atoms with van der Waals surface area (Å²) in [4.78, 5) is 2.56. The van der Waals surface area contributed by atoms with Crippen LogP contribution in [0.4, 0.5) is 0 Å². The highest BCUT2D eigenvalue weighted by atomic mass is 27.2. The lowest BCUT2D eigenvalue weighted by molar-refractivity contribution is 0.0189. The van der Waals surface area contributed by atoms with E-state index < -0.39 is 14.5 Å². The molecule has 0 fully saturated rings. The third-order valence-electron chi connectivity index (χ3n) is 3.35. The monoisotopic (exact) mass is 271 g/mol. The molecule has 0 spiro atoms. The van der Waals surface area contributed by atoms with Gasteiger partial charge in [0.15, 0.2) is 0 Å². The topological polar surface area (TPSA) is 12.5 Å². The van der Waals surface area contributed by atoms with E-state index in [1.165, 1.54) is 49.3 Å². The fourth-order valence-corrected chi connectivity index (χ4v) is 5.22. The predicted octanol–water partition coefficient (Wildman–Crippen LogP) is 4.67. The van der Waals surface area contributed by atoms with Gasteiger partial charge in [0, 0.05) is 13.1 Å². The van der Waals surface area contributed by atoms with Gasteiger partial charge in [-0.15, -0.1) is 0 Å². The molecule has 1 atom stereocenters. The molecule has 0 aromatic heterocycles. The quantitative estimate of drug-likeness (QED) is 0.378. The first kappa shape index (κ1) is 18.5. The average Bonchev–Trinajstić information content (AvgIpc) is 2.36. The minimum Gasteiger partial charge on any atom is -0.487 e. The van der Waals surface area contributed by atoms with Crippen LogP contribution in [0.5, 0.6) is 0 Å². The van der Waals surface area contributed by atoms with Crippen molar-refractivity contribution < 1.29 is 3.79 Å². The van der Waals surface area contributed by atoms with Gasteiger partial charge in [0.1, 0.15) is 0 Å². The van der Waals surface area contributed by atoms with Crippen molar-refractivity contribution >= 4 is 14.5 Å². The van der Waals surface area contributed by atoms with Gasteiger partial charge >= 0.3 is 14.5 Å². The third kappa shape index (κ3) is 7.79. The molecule has 0 aromatic carbocycles. The highest BCUT2D eigenvalue weighted by molar-refractivity contribution is 6.51. The van der Waals surface area contributed by atoms with Crippen molar-refractivity contribution in [3.63, 3.8) is 0 Å². The normalized spacial score (nSPS) is 13.0. The van der Waals surface area contributed by atoms with E-state index in [9.17, 15) is 0 Å². The van der Waals surface area contributed by atoms with Gasteiger partial charge in [-0.25, -0.2) is 0 Å². The molecule has 0 aliphatic rings. The molecular formula is C15H34AlNO. The van der Waals surface area contributed by atoms with Crippen molar-refractivity contribution in [1.29, 1.82) is 0 Å². The highest BCUT2D eigenvalue weighted by Gasteiger charge is 2.25. The Morgan fingerprint density at radius 1 is 0.833 bits per heavy atom. The summed E-state index contributed by atoms with van der Waals surface area (Å²) >= 11 is -0.957. The van der Waals surface area contributed by atoms with E-state index in [1.54, 1.807) is 0 Å². The molecule has 0 saturated carbocycles. The molecule has 0 aliphatic heterocycles. The first-order valence-electron chi connectivity index (χ1n) is 8.12. The van der Waals surface area contributed by atoms with Crippen molar-refractivity contribution in [2.24, 2.45) is 0 Å². The molecule has 0 N–H and O–H groups in total. The highest BCUT2D eigenvalue weighted by Crippen LogP contribution is 2.15. The maximum atomic E-state index is 6.51. The largest absolute Gasteiger partial charge is 0.487 e. The number of hydrogen-bond acceptors (Lipinski definition) is 2. The van der Waals surface area contributed by atoms with Gasteiger partial charge in [0.2, 0.25) is 0 Å². The zero-order chi connectivity index (χ0) is 13.8. The Balaban J connectivity index is 4.39. The Morgan fingerprint density at radius 2 is 1.33 bits per heavy atom. The molecule has 2 nitrogen and oxygen atoms in total. The fourth-order valence-electron chi connectivity index (χ4n) is 2.56. The van der Waals surface area contributed by atoms with Gasteiger partial charge in [-0.1, -0.05) is 58.0 Å². The molecule has 0 amide bonds. The van der Waals surface area contributed by atoms with Crippen LogP contribution in [0.3, 0.4) is 0 Å². The van der Waals surface area contributed by atoms with Gasteiger partial charge in [0.05, 0.1) is 6.23 Å². The maximum absolute atomic E-state index is 6.51. The van der Waals surface area contributed by atoms with Crippen LogP contribution in [-0.2, 0) is 3.79 Å². The van der Waals surface area contributed by atoms with Crippen molar-refractivity contribution in [3.8, 4) is 0 Å². The Morgan fingerprint density at radius 3 is 1.67 bits per heavy atom. The average molecular weight is 271 g/mol. The number of rotatable bonds is 12. The summed E-state index contributed by atoms with van der Waals surface area (Å²) in [5, 5.41) is 2.69. The molecule has 18 heavy (non-hydrogen) atoms. The Hall–Kier alpha value is 0.452. The minimum absolute atomic E-state index is 0.389. The molecular weight excluding hydrogens is 237 g/mol. The van der Waals surface area contributed by atoms with Crippen molar-refractivity contribution in [3.05, 3.63) is 0 Å². The van der Waals surface area contributed by atoms with Gasteiger partial charge in [-0.3, -0.25) is 4.90 Å². The molecule has 0 saturated heterocycles. The second-order valence-corrected chi connectivity index (χ2v) is 7.91. The second kappa shape index (κ2) is 12.5. The first-order valence-corrected chi connectivity index (χ1v) is 10.2. The van der Waals surface area contributed by atoms with E-state index in [0.29, 0.717) is 6.23 Å². The second-order valence-electron chi connectivity index (χ2n) is 5.23. The molecule has 1 unspecified atom stereocenters. The summed E-state index contributed by atoms with van der Waals surface area (Å²) in [6.07, 6.45) is 6.56. The van der Waals surface area contributed by atoms with E-state index in [2.05, 4.69) is 39.5 Å². The van der Waals surface area contributed by atoms with Crippen LogP contribution in [0, 0.1) is 0 Å². The Bertz CT molecular complexity index is 166. The lowest BCUT2D eigenvalue weighted by Crippen LogP contribution is -2.41. The Kier molecular flexibility index (Phi) is 12.8. The van der Waals surface area contributed by atoms with Crippen molar-refractivity contribution in [1.82, 2.24) is 4.90 Å². The van der Waals surface area contributed by atoms with Crippen molar-refractivity contribution in [2.45, 2.75) is 83.5 Å². The van der Waals surface area contributed by atoms with E-state index in [1.807, 2.05) is 0 Å². The molecule has 0 radical (unpaired) electrons. The summed E-state index contributed by atoms with van der Waals surface area (Å²) in [5.74, 6) is 0. The molecule has 0 aliphatic carbocycles. The van der Waals surface area contributed by atoms with Crippen LogP contribution in [0.15, 0.2) is 0 Å². The van der Waals surface area contributed by atoms with Gasteiger partial charge in [0.25, 0.3) is 0 Å². The number of hydrogen-bond donors (Lipinski definition) is 0. The van der Waals surface area contributed by atoms with Crippen LogP contribution in [0.2, 0.25) is 10.6 Å². The van der Waals surface area contributed by atoms with E-state index >= 15 is 0 Å². The molecule has 3 heteroatoms. The van der Waals surface area contributed by atoms with E-state index in [0.717, 1.165) is 6.42 Å². The molecule has 0 rings (SSSR count). The van der Waals surface area contributed by atoms with Gasteiger partial charge < -0.3 is 3.79 Å². The van der Waals surface area contributed by atoms with Crippen LogP contribution in [-0.4, -0.2) is 38.7 Å². The zero-order valence-electron chi connectivity index (χ0n) is 13.4.